The Bertz CT molecular complexity index is 608. The quantitative estimate of drug-likeness (QED) is 0.851. The first-order valence-corrected chi connectivity index (χ1v) is 6.98. The van der Waals surface area contributed by atoms with E-state index in [-0.39, 0.29) is 5.54 Å². The number of hydrogen-bond donors (Lipinski definition) is 1. The maximum atomic E-state index is 6.61. The Labute approximate surface area is 113 Å². The van der Waals surface area contributed by atoms with Gasteiger partial charge in [0, 0.05) is 11.4 Å². The van der Waals surface area contributed by atoms with Gasteiger partial charge in [-0.05, 0) is 51.5 Å². The van der Waals surface area contributed by atoms with Crippen molar-refractivity contribution < 1.29 is 0 Å². The van der Waals surface area contributed by atoms with Crippen LogP contribution in [0.1, 0.15) is 49.8 Å². The standard InChI is InChI=1S/C14H21N5/c1-9-4-6-14(15,7-5-9)12-17-18-13-16-10(2)8-11(3)19(12)13/h8-9H,4-7,15H2,1-3H3. The van der Waals surface area contributed by atoms with Gasteiger partial charge < -0.3 is 5.73 Å². The number of hydrogen-bond acceptors (Lipinski definition) is 4. The van der Waals surface area contributed by atoms with E-state index in [1.165, 1.54) is 0 Å². The van der Waals surface area contributed by atoms with Gasteiger partial charge in [0.25, 0.3) is 5.78 Å². The maximum Gasteiger partial charge on any atom is 0.255 e. The second-order valence-corrected chi connectivity index (χ2v) is 6.04. The van der Waals surface area contributed by atoms with Crippen LogP contribution in [-0.2, 0) is 5.54 Å². The van der Waals surface area contributed by atoms with Gasteiger partial charge in [0.15, 0.2) is 5.82 Å². The number of rotatable bonds is 1. The lowest BCUT2D eigenvalue weighted by Gasteiger charge is -2.34. The Balaban J connectivity index is 2.10. The minimum Gasteiger partial charge on any atom is -0.319 e. The molecule has 3 rings (SSSR count). The van der Waals surface area contributed by atoms with Crippen molar-refractivity contribution >= 4 is 5.78 Å². The van der Waals surface area contributed by atoms with Crippen molar-refractivity contribution in [3.8, 4) is 0 Å². The molecular formula is C14H21N5. The van der Waals surface area contributed by atoms with Crippen LogP contribution in [0.15, 0.2) is 6.07 Å². The van der Waals surface area contributed by atoms with Crippen LogP contribution >= 0.6 is 0 Å². The van der Waals surface area contributed by atoms with E-state index < -0.39 is 0 Å². The van der Waals surface area contributed by atoms with Crippen LogP contribution in [0, 0.1) is 19.8 Å². The summed E-state index contributed by atoms with van der Waals surface area (Å²) < 4.78 is 2.02. The smallest absolute Gasteiger partial charge is 0.255 e. The van der Waals surface area contributed by atoms with E-state index in [0.717, 1.165) is 48.8 Å². The van der Waals surface area contributed by atoms with E-state index in [1.54, 1.807) is 0 Å². The average Bonchev–Trinajstić information content (AvgIpc) is 2.78. The highest BCUT2D eigenvalue weighted by atomic mass is 15.3. The van der Waals surface area contributed by atoms with Crippen molar-refractivity contribution in [1.82, 2.24) is 19.6 Å². The SMILES string of the molecule is Cc1cc(C)n2c(C3(N)CCC(C)CC3)nnc2n1. The first kappa shape index (κ1) is 12.5. The first-order chi connectivity index (χ1) is 8.99. The molecule has 19 heavy (non-hydrogen) atoms. The molecule has 0 radical (unpaired) electrons. The van der Waals surface area contributed by atoms with Crippen LogP contribution < -0.4 is 5.73 Å². The molecule has 5 heteroatoms. The Morgan fingerprint density at radius 1 is 1.26 bits per heavy atom. The van der Waals surface area contributed by atoms with Crippen molar-refractivity contribution in [2.45, 2.75) is 52.0 Å². The van der Waals surface area contributed by atoms with Crippen molar-refractivity contribution in [3.63, 3.8) is 0 Å². The van der Waals surface area contributed by atoms with Gasteiger partial charge in [-0.2, -0.15) is 0 Å². The molecule has 0 bridgehead atoms. The molecule has 1 saturated carbocycles. The largest absolute Gasteiger partial charge is 0.319 e. The number of aryl methyl sites for hydroxylation is 2. The third-order valence-corrected chi connectivity index (χ3v) is 4.30. The summed E-state index contributed by atoms with van der Waals surface area (Å²) in [6.07, 6.45) is 4.26. The number of aromatic nitrogens is 4. The maximum absolute atomic E-state index is 6.61. The Kier molecular flexibility index (Phi) is 2.82. The highest BCUT2D eigenvalue weighted by Gasteiger charge is 2.36. The van der Waals surface area contributed by atoms with Gasteiger partial charge in [-0.25, -0.2) is 4.98 Å². The number of fused-ring (bicyclic) bond motifs is 1. The summed E-state index contributed by atoms with van der Waals surface area (Å²) in [4.78, 5) is 4.43. The molecule has 2 N–H and O–H groups in total. The van der Waals surface area contributed by atoms with E-state index in [2.05, 4.69) is 35.1 Å². The predicted octanol–water partition coefficient (Wildman–Crippen LogP) is 2.11. The van der Waals surface area contributed by atoms with Crippen LogP contribution in [0.5, 0.6) is 0 Å². The zero-order valence-electron chi connectivity index (χ0n) is 11.8. The molecule has 0 spiro atoms. The molecule has 0 unspecified atom stereocenters. The number of nitrogens with two attached hydrogens (primary N) is 1. The van der Waals surface area contributed by atoms with Gasteiger partial charge in [-0.1, -0.05) is 6.92 Å². The van der Waals surface area contributed by atoms with Crippen LogP contribution in [-0.4, -0.2) is 19.6 Å². The van der Waals surface area contributed by atoms with Gasteiger partial charge in [0.05, 0.1) is 5.54 Å². The highest BCUT2D eigenvalue weighted by molar-refractivity contribution is 5.34. The van der Waals surface area contributed by atoms with Crippen LogP contribution in [0.25, 0.3) is 5.78 Å². The van der Waals surface area contributed by atoms with Gasteiger partial charge in [-0.15, -0.1) is 10.2 Å². The Hall–Kier alpha value is -1.49. The fourth-order valence-corrected chi connectivity index (χ4v) is 3.05. The predicted molar refractivity (Wildman–Crippen MR) is 73.8 cm³/mol. The molecule has 2 aromatic heterocycles. The van der Waals surface area contributed by atoms with Crippen LogP contribution in [0.4, 0.5) is 0 Å². The molecule has 0 aliphatic heterocycles. The number of nitrogens with zero attached hydrogens (tertiary/aromatic N) is 4. The van der Waals surface area contributed by atoms with E-state index in [1.807, 2.05) is 11.3 Å². The average molecular weight is 259 g/mol. The van der Waals surface area contributed by atoms with Gasteiger partial charge in [-0.3, -0.25) is 4.40 Å². The normalized spacial score (nSPS) is 27.9. The van der Waals surface area contributed by atoms with Crippen molar-refractivity contribution in [2.24, 2.45) is 11.7 Å². The molecule has 0 amide bonds. The zero-order valence-corrected chi connectivity index (χ0v) is 11.8. The fourth-order valence-electron chi connectivity index (χ4n) is 3.05. The van der Waals surface area contributed by atoms with E-state index >= 15 is 0 Å². The topological polar surface area (TPSA) is 69.1 Å². The Morgan fingerprint density at radius 3 is 2.63 bits per heavy atom. The summed E-state index contributed by atoms with van der Waals surface area (Å²) in [5.41, 5.74) is 8.32. The lowest BCUT2D eigenvalue weighted by atomic mass is 9.77. The molecule has 2 aromatic rings. The van der Waals surface area contributed by atoms with Crippen LogP contribution in [0.3, 0.4) is 0 Å². The van der Waals surface area contributed by atoms with E-state index in [9.17, 15) is 0 Å². The summed E-state index contributed by atoms with van der Waals surface area (Å²) in [6, 6.07) is 2.05. The van der Waals surface area contributed by atoms with E-state index in [0.29, 0.717) is 5.78 Å². The summed E-state index contributed by atoms with van der Waals surface area (Å²) in [5.74, 6) is 2.30. The fraction of sp³-hybridized carbons (Fsp3) is 0.643. The summed E-state index contributed by atoms with van der Waals surface area (Å²) in [5, 5.41) is 8.54. The van der Waals surface area contributed by atoms with Crippen molar-refractivity contribution in [2.75, 3.05) is 0 Å². The Morgan fingerprint density at radius 2 is 1.95 bits per heavy atom. The summed E-state index contributed by atoms with van der Waals surface area (Å²) in [7, 11) is 0. The molecule has 1 fully saturated rings. The van der Waals surface area contributed by atoms with Gasteiger partial charge in [0.2, 0.25) is 0 Å². The van der Waals surface area contributed by atoms with Crippen LogP contribution in [0.2, 0.25) is 0 Å². The minimum absolute atomic E-state index is 0.354. The summed E-state index contributed by atoms with van der Waals surface area (Å²) in [6.45, 7) is 6.32. The lowest BCUT2D eigenvalue weighted by Crippen LogP contribution is -2.42. The second kappa shape index (κ2) is 4.27. The molecular weight excluding hydrogens is 238 g/mol. The van der Waals surface area contributed by atoms with Crippen molar-refractivity contribution in [1.29, 1.82) is 0 Å². The highest BCUT2D eigenvalue weighted by Crippen LogP contribution is 2.36. The zero-order chi connectivity index (χ0) is 13.6. The molecule has 2 heterocycles. The molecule has 1 aliphatic carbocycles. The third kappa shape index (κ3) is 2.02. The monoisotopic (exact) mass is 259 g/mol. The molecule has 0 atom stereocenters. The first-order valence-electron chi connectivity index (χ1n) is 6.98. The molecule has 0 aromatic carbocycles. The minimum atomic E-state index is -0.354. The molecule has 0 saturated heterocycles. The second-order valence-electron chi connectivity index (χ2n) is 6.04. The molecule has 102 valence electrons. The third-order valence-electron chi connectivity index (χ3n) is 4.30. The molecule has 5 nitrogen and oxygen atoms in total. The van der Waals surface area contributed by atoms with E-state index in [4.69, 9.17) is 5.73 Å². The van der Waals surface area contributed by atoms with Crippen molar-refractivity contribution in [3.05, 3.63) is 23.3 Å². The van der Waals surface area contributed by atoms with Gasteiger partial charge in [0.1, 0.15) is 0 Å². The molecule has 1 aliphatic rings. The summed E-state index contributed by atoms with van der Waals surface area (Å²) >= 11 is 0. The lowest BCUT2D eigenvalue weighted by molar-refractivity contribution is 0.235. The van der Waals surface area contributed by atoms with Gasteiger partial charge >= 0.3 is 0 Å².